The molecule has 3 aliphatic rings. The van der Waals surface area contributed by atoms with E-state index in [-0.39, 0.29) is 0 Å². The van der Waals surface area contributed by atoms with Gasteiger partial charge in [0.25, 0.3) is 0 Å². The monoisotopic (exact) mass is 313 g/mol. The normalized spacial score (nSPS) is 26.9. The first-order valence-electron chi connectivity index (χ1n) is 8.87. The maximum Gasteiger partial charge on any atom is 0.165 e. The van der Waals surface area contributed by atoms with E-state index in [1.54, 1.807) is 0 Å². The Balaban J connectivity index is 1.30. The Morgan fingerprint density at radius 3 is 2.74 bits per heavy atom. The van der Waals surface area contributed by atoms with E-state index in [0.29, 0.717) is 18.0 Å². The van der Waals surface area contributed by atoms with Crippen molar-refractivity contribution >= 4 is 0 Å². The first-order valence-corrected chi connectivity index (χ1v) is 8.87. The standard InChI is InChI=1S/C17H23N5O/c1-11-8-15(11)16-7-6-14(23-16)9-21(12-2-3-12)10-17-18-19-20-22(17)13-4-5-13/h6-7,11-13,15H,2-5,8-10H2,1H3. The van der Waals surface area contributed by atoms with E-state index in [0.717, 1.165) is 30.6 Å². The molecule has 0 N–H and O–H groups in total. The lowest BCUT2D eigenvalue weighted by molar-refractivity contribution is 0.213. The maximum atomic E-state index is 6.10. The second-order valence-electron chi connectivity index (χ2n) is 7.53. The topological polar surface area (TPSA) is 60.0 Å². The van der Waals surface area contributed by atoms with Gasteiger partial charge < -0.3 is 4.42 Å². The van der Waals surface area contributed by atoms with Gasteiger partial charge in [0.15, 0.2) is 5.82 Å². The zero-order chi connectivity index (χ0) is 15.4. The van der Waals surface area contributed by atoms with Gasteiger partial charge in [0.1, 0.15) is 11.5 Å². The fourth-order valence-electron chi connectivity index (χ4n) is 3.45. The van der Waals surface area contributed by atoms with Gasteiger partial charge >= 0.3 is 0 Å². The van der Waals surface area contributed by atoms with Gasteiger partial charge in [0.2, 0.25) is 0 Å². The van der Waals surface area contributed by atoms with Crippen LogP contribution in [0.5, 0.6) is 0 Å². The average molecular weight is 313 g/mol. The quantitative estimate of drug-likeness (QED) is 0.786. The van der Waals surface area contributed by atoms with Crippen LogP contribution in [0.1, 0.15) is 68.3 Å². The molecule has 122 valence electrons. The molecular formula is C17H23N5O. The molecule has 5 rings (SSSR count). The molecule has 6 heteroatoms. The minimum Gasteiger partial charge on any atom is -0.464 e. The van der Waals surface area contributed by atoms with Crippen molar-refractivity contribution in [3.63, 3.8) is 0 Å². The highest BCUT2D eigenvalue weighted by Gasteiger charge is 2.37. The summed E-state index contributed by atoms with van der Waals surface area (Å²) in [5, 5.41) is 12.3. The molecule has 3 fully saturated rings. The van der Waals surface area contributed by atoms with Crippen molar-refractivity contribution in [1.82, 2.24) is 25.1 Å². The Hall–Kier alpha value is -1.69. The highest BCUT2D eigenvalue weighted by atomic mass is 16.3. The molecule has 0 saturated heterocycles. The van der Waals surface area contributed by atoms with Gasteiger partial charge in [-0.2, -0.15) is 0 Å². The van der Waals surface area contributed by atoms with Crippen LogP contribution in [0.3, 0.4) is 0 Å². The zero-order valence-corrected chi connectivity index (χ0v) is 13.6. The van der Waals surface area contributed by atoms with Gasteiger partial charge in [-0.3, -0.25) is 4.90 Å². The summed E-state index contributed by atoms with van der Waals surface area (Å²) in [7, 11) is 0. The lowest BCUT2D eigenvalue weighted by atomic mass is 10.3. The summed E-state index contributed by atoms with van der Waals surface area (Å²) in [5.74, 6) is 4.70. The van der Waals surface area contributed by atoms with Crippen molar-refractivity contribution in [3.8, 4) is 0 Å². The molecule has 3 aliphatic carbocycles. The Labute approximate surface area is 135 Å². The Kier molecular flexibility index (Phi) is 3.08. The van der Waals surface area contributed by atoms with E-state index in [1.807, 2.05) is 4.68 Å². The van der Waals surface area contributed by atoms with Crippen LogP contribution in [-0.4, -0.2) is 31.1 Å². The number of rotatable bonds is 7. The van der Waals surface area contributed by atoms with Crippen molar-refractivity contribution in [2.24, 2.45) is 5.92 Å². The van der Waals surface area contributed by atoms with E-state index in [1.165, 1.54) is 37.9 Å². The van der Waals surface area contributed by atoms with Gasteiger partial charge in [0.05, 0.1) is 19.1 Å². The summed E-state index contributed by atoms with van der Waals surface area (Å²) in [6, 6.07) is 5.52. The molecule has 2 aromatic heterocycles. The molecule has 23 heavy (non-hydrogen) atoms. The molecule has 0 radical (unpaired) electrons. The molecule has 3 saturated carbocycles. The number of furan rings is 1. The van der Waals surface area contributed by atoms with Crippen LogP contribution in [-0.2, 0) is 13.1 Å². The Bertz CT molecular complexity index is 699. The van der Waals surface area contributed by atoms with Gasteiger partial charge in [-0.05, 0) is 60.6 Å². The van der Waals surface area contributed by atoms with Gasteiger partial charge in [-0.1, -0.05) is 6.92 Å². The van der Waals surface area contributed by atoms with Crippen LogP contribution in [0.15, 0.2) is 16.5 Å². The van der Waals surface area contributed by atoms with Crippen molar-refractivity contribution in [1.29, 1.82) is 0 Å². The van der Waals surface area contributed by atoms with E-state index in [2.05, 4.69) is 39.5 Å². The molecule has 0 amide bonds. The third-order valence-electron chi connectivity index (χ3n) is 5.38. The van der Waals surface area contributed by atoms with E-state index >= 15 is 0 Å². The second-order valence-corrected chi connectivity index (χ2v) is 7.53. The molecule has 2 heterocycles. The largest absolute Gasteiger partial charge is 0.464 e. The third-order valence-corrected chi connectivity index (χ3v) is 5.38. The minimum atomic E-state index is 0.535. The van der Waals surface area contributed by atoms with E-state index < -0.39 is 0 Å². The van der Waals surface area contributed by atoms with Crippen molar-refractivity contribution < 1.29 is 4.42 Å². The predicted molar refractivity (Wildman–Crippen MR) is 83.6 cm³/mol. The number of nitrogens with zero attached hydrogens (tertiary/aromatic N) is 5. The SMILES string of the molecule is CC1CC1c1ccc(CN(Cc2nnnn2C2CC2)C2CC2)o1. The first-order chi connectivity index (χ1) is 11.3. The van der Waals surface area contributed by atoms with Crippen LogP contribution in [0.25, 0.3) is 0 Å². The van der Waals surface area contributed by atoms with Crippen molar-refractivity contribution in [2.75, 3.05) is 0 Å². The Morgan fingerprint density at radius 2 is 2.04 bits per heavy atom. The molecule has 2 atom stereocenters. The van der Waals surface area contributed by atoms with Gasteiger partial charge in [0, 0.05) is 12.0 Å². The highest BCUT2D eigenvalue weighted by Crippen LogP contribution is 2.47. The molecule has 2 unspecified atom stereocenters. The van der Waals surface area contributed by atoms with Crippen molar-refractivity contribution in [2.45, 2.75) is 70.1 Å². The molecule has 2 aromatic rings. The summed E-state index contributed by atoms with van der Waals surface area (Å²) in [5.41, 5.74) is 0. The van der Waals surface area contributed by atoms with Crippen LogP contribution in [0, 0.1) is 5.92 Å². The summed E-state index contributed by atoms with van der Waals surface area (Å²) in [6.45, 7) is 3.98. The predicted octanol–water partition coefficient (Wildman–Crippen LogP) is 2.89. The fraction of sp³-hybridized carbons (Fsp3) is 0.706. The molecule has 6 nitrogen and oxygen atoms in total. The fourth-order valence-corrected chi connectivity index (χ4v) is 3.45. The summed E-state index contributed by atoms with van der Waals surface area (Å²) >= 11 is 0. The maximum absolute atomic E-state index is 6.10. The zero-order valence-electron chi connectivity index (χ0n) is 13.6. The second kappa shape index (κ2) is 5.16. The molecule has 0 aliphatic heterocycles. The Morgan fingerprint density at radius 1 is 1.22 bits per heavy atom. The molecule has 0 spiro atoms. The summed E-state index contributed by atoms with van der Waals surface area (Å²) in [4.78, 5) is 2.48. The third kappa shape index (κ3) is 2.80. The first kappa shape index (κ1) is 13.7. The smallest absolute Gasteiger partial charge is 0.165 e. The summed E-state index contributed by atoms with van der Waals surface area (Å²) < 4.78 is 8.12. The van der Waals surface area contributed by atoms with Crippen LogP contribution >= 0.6 is 0 Å². The molecular weight excluding hydrogens is 290 g/mol. The van der Waals surface area contributed by atoms with Gasteiger partial charge in [-0.25, -0.2) is 4.68 Å². The number of hydrogen-bond acceptors (Lipinski definition) is 5. The minimum absolute atomic E-state index is 0.535. The average Bonchev–Trinajstić information content (AvgIpc) is 3.47. The van der Waals surface area contributed by atoms with Crippen molar-refractivity contribution in [3.05, 3.63) is 29.5 Å². The van der Waals surface area contributed by atoms with Gasteiger partial charge in [-0.15, -0.1) is 5.10 Å². The lowest BCUT2D eigenvalue weighted by Crippen LogP contribution is -2.26. The van der Waals surface area contributed by atoms with Crippen LogP contribution in [0.4, 0.5) is 0 Å². The highest BCUT2D eigenvalue weighted by molar-refractivity contribution is 5.17. The molecule has 0 aromatic carbocycles. The lowest BCUT2D eigenvalue weighted by Gasteiger charge is -2.20. The van der Waals surface area contributed by atoms with E-state index in [9.17, 15) is 0 Å². The van der Waals surface area contributed by atoms with E-state index in [4.69, 9.17) is 4.42 Å². The van der Waals surface area contributed by atoms with Crippen LogP contribution in [0.2, 0.25) is 0 Å². The number of hydrogen-bond donors (Lipinski definition) is 0. The number of aromatic nitrogens is 4. The summed E-state index contributed by atoms with van der Waals surface area (Å²) in [6.07, 6.45) is 6.25. The molecule has 0 bridgehead atoms. The van der Waals surface area contributed by atoms with Crippen LogP contribution < -0.4 is 0 Å². The number of tetrazole rings is 1.